The lowest BCUT2D eigenvalue weighted by atomic mass is 10.1. The monoisotopic (exact) mass is 264 g/mol. The van der Waals surface area contributed by atoms with Crippen molar-refractivity contribution in [3.05, 3.63) is 24.3 Å². The minimum Gasteiger partial charge on any atom is -0.399 e. The average molecular weight is 264 g/mol. The molecule has 0 bridgehead atoms. The number of nitrogen functional groups attached to an aromatic ring is 1. The van der Waals surface area contributed by atoms with Crippen molar-refractivity contribution in [2.75, 3.05) is 31.7 Å². The summed E-state index contributed by atoms with van der Waals surface area (Å²) >= 11 is 0. The van der Waals surface area contributed by atoms with E-state index in [2.05, 4.69) is 10.6 Å². The van der Waals surface area contributed by atoms with Gasteiger partial charge >= 0.3 is 6.03 Å². The van der Waals surface area contributed by atoms with Gasteiger partial charge in [0.05, 0.1) is 5.92 Å². The lowest BCUT2D eigenvalue weighted by molar-refractivity contribution is -0.124. The number of carbonyl (C=O) groups excluding carboxylic acids is 2. The fraction of sp³-hybridized carbons (Fsp3) is 0.385. The fourth-order valence-electron chi connectivity index (χ4n) is 1.66. The zero-order valence-electron chi connectivity index (χ0n) is 11.4. The molecule has 0 aromatic heterocycles. The normalized spacial score (nSPS) is 11.5. The Morgan fingerprint density at radius 2 is 2.11 bits per heavy atom. The molecule has 1 atom stereocenters. The first-order valence-corrected chi connectivity index (χ1v) is 6.03. The molecule has 0 spiro atoms. The lowest BCUT2D eigenvalue weighted by Crippen LogP contribution is -2.39. The molecule has 0 aliphatic rings. The first kappa shape index (κ1) is 14.8. The van der Waals surface area contributed by atoms with E-state index in [1.165, 1.54) is 4.90 Å². The van der Waals surface area contributed by atoms with E-state index in [1.807, 2.05) is 0 Å². The standard InChI is InChI=1S/C13H20N4O2/c1-9(12(18)15-2)8-17(3)13(19)16-11-6-4-5-10(14)7-11/h4-7,9H,8,14H2,1-3H3,(H,15,18)(H,16,19). The molecule has 6 nitrogen and oxygen atoms in total. The molecule has 104 valence electrons. The van der Waals surface area contributed by atoms with Crippen molar-refractivity contribution < 1.29 is 9.59 Å². The molecule has 6 heteroatoms. The Morgan fingerprint density at radius 1 is 1.42 bits per heavy atom. The van der Waals surface area contributed by atoms with Crippen molar-refractivity contribution >= 4 is 23.3 Å². The van der Waals surface area contributed by atoms with Crippen molar-refractivity contribution in [3.8, 4) is 0 Å². The molecule has 4 N–H and O–H groups in total. The molecular formula is C13H20N4O2. The Kier molecular flexibility index (Phi) is 5.17. The van der Waals surface area contributed by atoms with Gasteiger partial charge in [0.2, 0.25) is 5.91 Å². The van der Waals surface area contributed by atoms with Crippen LogP contribution in [-0.2, 0) is 4.79 Å². The van der Waals surface area contributed by atoms with Crippen molar-refractivity contribution in [3.63, 3.8) is 0 Å². The highest BCUT2D eigenvalue weighted by molar-refractivity contribution is 5.90. The average Bonchev–Trinajstić information content (AvgIpc) is 2.37. The fourth-order valence-corrected chi connectivity index (χ4v) is 1.66. The first-order valence-electron chi connectivity index (χ1n) is 6.03. The second-order valence-corrected chi connectivity index (χ2v) is 4.45. The summed E-state index contributed by atoms with van der Waals surface area (Å²) in [5.74, 6) is -0.356. The third kappa shape index (κ3) is 4.50. The van der Waals surface area contributed by atoms with Gasteiger partial charge in [-0.05, 0) is 18.2 Å². The molecule has 0 fully saturated rings. The van der Waals surface area contributed by atoms with Crippen LogP contribution in [0.3, 0.4) is 0 Å². The van der Waals surface area contributed by atoms with Crippen LogP contribution in [0.25, 0.3) is 0 Å². The van der Waals surface area contributed by atoms with E-state index in [0.29, 0.717) is 17.9 Å². The van der Waals surface area contributed by atoms with E-state index in [0.717, 1.165) is 0 Å². The molecule has 3 amide bonds. The zero-order chi connectivity index (χ0) is 14.4. The zero-order valence-corrected chi connectivity index (χ0v) is 11.4. The summed E-state index contributed by atoms with van der Waals surface area (Å²) in [7, 11) is 3.22. The van der Waals surface area contributed by atoms with Gasteiger partial charge in [-0.15, -0.1) is 0 Å². The molecule has 1 aromatic rings. The van der Waals surface area contributed by atoms with E-state index in [9.17, 15) is 9.59 Å². The molecule has 1 aromatic carbocycles. The molecule has 0 saturated carbocycles. The van der Waals surface area contributed by atoms with Gasteiger partial charge in [0.1, 0.15) is 0 Å². The van der Waals surface area contributed by atoms with Crippen molar-refractivity contribution in [2.24, 2.45) is 5.92 Å². The molecule has 0 radical (unpaired) electrons. The van der Waals surface area contributed by atoms with Crippen LogP contribution in [0, 0.1) is 5.92 Å². The lowest BCUT2D eigenvalue weighted by Gasteiger charge is -2.21. The second kappa shape index (κ2) is 6.63. The minimum atomic E-state index is -0.277. The van der Waals surface area contributed by atoms with Gasteiger partial charge < -0.3 is 21.3 Å². The van der Waals surface area contributed by atoms with Crippen molar-refractivity contribution in [2.45, 2.75) is 6.92 Å². The van der Waals surface area contributed by atoms with Crippen LogP contribution in [0.15, 0.2) is 24.3 Å². The van der Waals surface area contributed by atoms with Crippen LogP contribution in [-0.4, -0.2) is 37.5 Å². The maximum Gasteiger partial charge on any atom is 0.321 e. The predicted octanol–water partition coefficient (Wildman–Crippen LogP) is 1.11. The number of rotatable bonds is 4. The third-order valence-electron chi connectivity index (χ3n) is 2.73. The summed E-state index contributed by atoms with van der Waals surface area (Å²) in [5, 5.41) is 5.27. The third-order valence-corrected chi connectivity index (χ3v) is 2.73. The van der Waals surface area contributed by atoms with Crippen LogP contribution in [0.1, 0.15) is 6.92 Å². The number of hydrogen-bond acceptors (Lipinski definition) is 3. The SMILES string of the molecule is CNC(=O)C(C)CN(C)C(=O)Nc1cccc(N)c1. The summed E-state index contributed by atoms with van der Waals surface area (Å²) < 4.78 is 0. The van der Waals surface area contributed by atoms with Crippen LogP contribution >= 0.6 is 0 Å². The summed E-state index contributed by atoms with van der Waals surface area (Å²) in [6, 6.07) is 6.66. The van der Waals surface area contributed by atoms with Crippen LogP contribution in [0.5, 0.6) is 0 Å². The predicted molar refractivity (Wildman–Crippen MR) is 75.7 cm³/mol. The van der Waals surface area contributed by atoms with E-state index < -0.39 is 0 Å². The summed E-state index contributed by atoms with van der Waals surface area (Å²) in [6.07, 6.45) is 0. The summed E-state index contributed by atoms with van der Waals surface area (Å²) in [5.41, 5.74) is 6.84. The molecule has 0 aliphatic heterocycles. The van der Waals surface area contributed by atoms with Gasteiger partial charge in [0.15, 0.2) is 0 Å². The van der Waals surface area contributed by atoms with Crippen LogP contribution < -0.4 is 16.4 Å². The highest BCUT2D eigenvalue weighted by Gasteiger charge is 2.17. The van der Waals surface area contributed by atoms with Gasteiger partial charge in [-0.1, -0.05) is 13.0 Å². The molecule has 0 heterocycles. The number of amides is 3. The Bertz CT molecular complexity index is 462. The van der Waals surface area contributed by atoms with Crippen molar-refractivity contribution in [1.82, 2.24) is 10.2 Å². The van der Waals surface area contributed by atoms with Gasteiger partial charge in [0.25, 0.3) is 0 Å². The largest absolute Gasteiger partial charge is 0.399 e. The number of nitrogens with zero attached hydrogens (tertiary/aromatic N) is 1. The molecule has 1 rings (SSSR count). The van der Waals surface area contributed by atoms with Gasteiger partial charge in [0, 0.05) is 32.0 Å². The molecule has 19 heavy (non-hydrogen) atoms. The quantitative estimate of drug-likeness (QED) is 0.712. The highest BCUT2D eigenvalue weighted by atomic mass is 16.2. The number of nitrogens with one attached hydrogen (secondary N) is 2. The van der Waals surface area contributed by atoms with E-state index in [4.69, 9.17) is 5.73 Å². The number of benzene rings is 1. The maximum atomic E-state index is 11.9. The Labute approximate surface area is 113 Å². The maximum absolute atomic E-state index is 11.9. The number of urea groups is 1. The van der Waals surface area contributed by atoms with Crippen molar-refractivity contribution in [1.29, 1.82) is 0 Å². The van der Waals surface area contributed by atoms with Crippen LogP contribution in [0.4, 0.5) is 16.2 Å². The van der Waals surface area contributed by atoms with Crippen LogP contribution in [0.2, 0.25) is 0 Å². The number of hydrogen-bond donors (Lipinski definition) is 3. The Hall–Kier alpha value is -2.24. The van der Waals surface area contributed by atoms with Gasteiger partial charge in [-0.2, -0.15) is 0 Å². The number of nitrogens with two attached hydrogens (primary N) is 1. The van der Waals surface area contributed by atoms with Gasteiger partial charge in [-0.3, -0.25) is 4.79 Å². The molecule has 1 unspecified atom stereocenters. The summed E-state index contributed by atoms with van der Waals surface area (Å²) in [4.78, 5) is 24.8. The number of anilines is 2. The van der Waals surface area contributed by atoms with E-state index in [-0.39, 0.29) is 17.9 Å². The second-order valence-electron chi connectivity index (χ2n) is 4.45. The Balaban J connectivity index is 2.56. The smallest absolute Gasteiger partial charge is 0.321 e. The van der Waals surface area contributed by atoms with E-state index >= 15 is 0 Å². The van der Waals surface area contributed by atoms with Gasteiger partial charge in [-0.25, -0.2) is 4.79 Å². The topological polar surface area (TPSA) is 87.5 Å². The first-order chi connectivity index (χ1) is 8.93. The minimum absolute atomic E-state index is 0.0939. The molecule has 0 aliphatic carbocycles. The molecular weight excluding hydrogens is 244 g/mol. The highest BCUT2D eigenvalue weighted by Crippen LogP contribution is 2.12. The summed E-state index contributed by atoms with van der Waals surface area (Å²) in [6.45, 7) is 2.11. The Morgan fingerprint density at radius 3 is 2.68 bits per heavy atom. The number of carbonyl (C=O) groups is 2. The molecule has 0 saturated heterocycles. The van der Waals surface area contributed by atoms with E-state index in [1.54, 1.807) is 45.3 Å².